The monoisotopic (exact) mass is 527 g/mol. The van der Waals surface area contributed by atoms with Crippen LogP contribution in [0, 0.1) is 0 Å². The van der Waals surface area contributed by atoms with E-state index in [9.17, 15) is 9.59 Å². The third-order valence-corrected chi connectivity index (χ3v) is 7.90. The van der Waals surface area contributed by atoms with E-state index in [2.05, 4.69) is 4.99 Å². The number of esters is 1. The number of nitrogens with zero attached hydrogens (tertiary/aromatic N) is 3. The van der Waals surface area contributed by atoms with Gasteiger partial charge < -0.3 is 9.30 Å². The SMILES string of the molecule is COC(=O)Cn1c(=NC(=O)c2cc(-c3cccs3)nc3ccccc23)sc2ccc(Cl)c(Cl)c21. The summed E-state index contributed by atoms with van der Waals surface area (Å²) in [6.45, 7) is -0.166. The second kappa shape index (κ2) is 9.31. The second-order valence-electron chi connectivity index (χ2n) is 7.22. The van der Waals surface area contributed by atoms with Crippen molar-refractivity contribution < 1.29 is 14.3 Å². The van der Waals surface area contributed by atoms with Crippen LogP contribution < -0.4 is 4.80 Å². The van der Waals surface area contributed by atoms with E-state index in [0.29, 0.717) is 37.5 Å². The lowest BCUT2D eigenvalue weighted by Crippen LogP contribution is -2.22. The normalized spacial score (nSPS) is 11.9. The summed E-state index contributed by atoms with van der Waals surface area (Å²) in [6.07, 6.45) is 0. The van der Waals surface area contributed by atoms with Gasteiger partial charge in [0.15, 0.2) is 4.80 Å². The van der Waals surface area contributed by atoms with Crippen molar-refractivity contribution in [1.29, 1.82) is 0 Å². The molecule has 0 N–H and O–H groups in total. The topological polar surface area (TPSA) is 73.6 Å². The first-order valence-corrected chi connectivity index (χ1v) is 12.5. The number of hydrogen-bond donors (Lipinski definition) is 0. The standard InChI is InChI=1S/C24H15Cl2N3O3S2/c1-32-20(30)12-29-22-19(9-8-15(25)21(22)26)34-24(29)28-23(31)14-11-17(18-7-4-10-33-18)27-16-6-3-2-5-13(14)16/h2-11H,12H2,1H3. The van der Waals surface area contributed by atoms with Gasteiger partial charge in [-0.15, -0.1) is 11.3 Å². The summed E-state index contributed by atoms with van der Waals surface area (Å²) in [4.78, 5) is 36.0. The molecule has 0 radical (unpaired) electrons. The van der Waals surface area contributed by atoms with Crippen molar-refractivity contribution in [3.8, 4) is 10.6 Å². The predicted octanol–water partition coefficient (Wildman–Crippen LogP) is 6.20. The van der Waals surface area contributed by atoms with Crippen molar-refractivity contribution in [2.45, 2.75) is 6.54 Å². The van der Waals surface area contributed by atoms with Gasteiger partial charge in [0.2, 0.25) is 0 Å². The summed E-state index contributed by atoms with van der Waals surface area (Å²) < 4.78 is 7.13. The van der Waals surface area contributed by atoms with Gasteiger partial charge in [0.05, 0.1) is 49.0 Å². The molecule has 0 saturated heterocycles. The average Bonchev–Trinajstić information content (AvgIpc) is 3.50. The number of carbonyl (C=O) groups excluding carboxylic acids is 2. The molecule has 0 bridgehead atoms. The van der Waals surface area contributed by atoms with Gasteiger partial charge in [-0.3, -0.25) is 9.59 Å². The van der Waals surface area contributed by atoms with Gasteiger partial charge in [0.25, 0.3) is 5.91 Å². The van der Waals surface area contributed by atoms with Crippen LogP contribution in [0.15, 0.2) is 65.0 Å². The lowest BCUT2D eigenvalue weighted by atomic mass is 10.1. The molecule has 1 amide bonds. The molecule has 0 fully saturated rings. The minimum atomic E-state index is -0.501. The average molecular weight is 528 g/mol. The van der Waals surface area contributed by atoms with Crippen LogP contribution in [0.4, 0.5) is 0 Å². The summed E-state index contributed by atoms with van der Waals surface area (Å²) in [7, 11) is 1.29. The smallest absolute Gasteiger partial charge is 0.325 e. The van der Waals surface area contributed by atoms with Crippen LogP contribution in [-0.2, 0) is 16.1 Å². The molecule has 6 nitrogen and oxygen atoms in total. The van der Waals surface area contributed by atoms with Gasteiger partial charge in [-0.25, -0.2) is 4.98 Å². The molecule has 0 unspecified atom stereocenters. The minimum Gasteiger partial charge on any atom is -0.468 e. The highest BCUT2D eigenvalue weighted by Crippen LogP contribution is 2.32. The first-order valence-electron chi connectivity index (χ1n) is 10.0. The van der Waals surface area contributed by atoms with Crippen LogP contribution in [0.25, 0.3) is 31.7 Å². The highest BCUT2D eigenvalue weighted by molar-refractivity contribution is 7.16. The number of thiazole rings is 1. The Hall–Kier alpha value is -3.04. The van der Waals surface area contributed by atoms with Gasteiger partial charge >= 0.3 is 5.97 Å². The summed E-state index contributed by atoms with van der Waals surface area (Å²) >= 11 is 15.4. The third kappa shape index (κ3) is 4.14. The zero-order valence-electron chi connectivity index (χ0n) is 17.6. The highest BCUT2D eigenvalue weighted by Gasteiger charge is 2.18. The molecule has 5 aromatic rings. The van der Waals surface area contributed by atoms with Crippen molar-refractivity contribution in [3.63, 3.8) is 0 Å². The Balaban J connectivity index is 1.73. The molecule has 170 valence electrons. The van der Waals surface area contributed by atoms with Gasteiger partial charge in [0.1, 0.15) is 6.54 Å². The van der Waals surface area contributed by atoms with Crippen molar-refractivity contribution >= 4 is 78.9 Å². The summed E-state index contributed by atoms with van der Waals surface area (Å²) in [5.41, 5.74) is 2.33. The molecule has 0 aliphatic carbocycles. The van der Waals surface area contributed by atoms with Crippen molar-refractivity contribution in [1.82, 2.24) is 9.55 Å². The van der Waals surface area contributed by atoms with E-state index in [1.54, 1.807) is 34.1 Å². The number of fused-ring (bicyclic) bond motifs is 2. The molecule has 0 saturated carbocycles. The van der Waals surface area contributed by atoms with E-state index < -0.39 is 11.9 Å². The van der Waals surface area contributed by atoms with E-state index in [1.165, 1.54) is 18.4 Å². The Kier molecular flexibility index (Phi) is 6.22. The number of aromatic nitrogens is 2. The lowest BCUT2D eigenvalue weighted by molar-refractivity contribution is -0.141. The number of benzene rings is 2. The second-order valence-corrected chi connectivity index (χ2v) is 9.96. The largest absolute Gasteiger partial charge is 0.468 e. The lowest BCUT2D eigenvalue weighted by Gasteiger charge is -2.07. The first kappa shape index (κ1) is 22.7. The Morgan fingerprint density at radius 2 is 1.94 bits per heavy atom. The summed E-state index contributed by atoms with van der Waals surface area (Å²) in [5, 5.41) is 3.27. The van der Waals surface area contributed by atoms with Gasteiger partial charge in [-0.2, -0.15) is 4.99 Å². The Morgan fingerprint density at radius 1 is 1.12 bits per heavy atom. The van der Waals surface area contributed by atoms with Crippen molar-refractivity contribution in [2.24, 2.45) is 4.99 Å². The summed E-state index contributed by atoms with van der Waals surface area (Å²) in [6, 6.07) is 16.5. The third-order valence-electron chi connectivity index (χ3n) is 5.17. The van der Waals surface area contributed by atoms with Crippen LogP contribution in [0.3, 0.4) is 0 Å². The van der Waals surface area contributed by atoms with Crippen molar-refractivity contribution in [2.75, 3.05) is 7.11 Å². The fraction of sp³-hybridized carbons (Fsp3) is 0.0833. The molecule has 0 spiro atoms. The van der Waals surface area contributed by atoms with Gasteiger partial charge in [-0.05, 0) is 35.7 Å². The molecule has 0 atom stereocenters. The molecule has 3 aromatic heterocycles. The first-order chi connectivity index (χ1) is 16.5. The molecule has 34 heavy (non-hydrogen) atoms. The number of para-hydroxylation sites is 1. The molecular formula is C24H15Cl2N3O3S2. The highest BCUT2D eigenvalue weighted by atomic mass is 35.5. The molecule has 2 aromatic carbocycles. The van der Waals surface area contributed by atoms with E-state index >= 15 is 0 Å². The van der Waals surface area contributed by atoms with E-state index in [-0.39, 0.29) is 11.6 Å². The molecular weight excluding hydrogens is 513 g/mol. The number of carbonyl (C=O) groups is 2. The molecule has 5 rings (SSSR count). The van der Waals surface area contributed by atoms with Gasteiger partial charge in [-0.1, -0.05) is 58.8 Å². The fourth-order valence-corrected chi connectivity index (χ4v) is 5.78. The number of hydrogen-bond acceptors (Lipinski definition) is 6. The Bertz CT molecular complexity index is 1640. The Labute approximate surface area is 211 Å². The van der Waals surface area contributed by atoms with Crippen molar-refractivity contribution in [3.05, 3.63) is 80.4 Å². The fourth-order valence-electron chi connectivity index (χ4n) is 3.58. The van der Waals surface area contributed by atoms with E-state index in [0.717, 1.165) is 9.58 Å². The maximum Gasteiger partial charge on any atom is 0.325 e. The van der Waals surface area contributed by atoms with Crippen LogP contribution in [0.5, 0.6) is 0 Å². The van der Waals surface area contributed by atoms with Crippen LogP contribution in [0.1, 0.15) is 10.4 Å². The Morgan fingerprint density at radius 3 is 2.71 bits per heavy atom. The van der Waals surface area contributed by atoms with E-state index in [1.807, 2.05) is 41.8 Å². The number of thiophene rings is 1. The molecule has 10 heteroatoms. The minimum absolute atomic E-state index is 0.166. The van der Waals surface area contributed by atoms with Gasteiger partial charge in [0, 0.05) is 5.39 Å². The van der Waals surface area contributed by atoms with E-state index in [4.69, 9.17) is 32.9 Å². The van der Waals surface area contributed by atoms with Crippen LogP contribution >= 0.6 is 45.9 Å². The van der Waals surface area contributed by atoms with Crippen LogP contribution in [0.2, 0.25) is 10.0 Å². The zero-order valence-corrected chi connectivity index (χ0v) is 20.8. The maximum absolute atomic E-state index is 13.5. The number of amides is 1. The summed E-state index contributed by atoms with van der Waals surface area (Å²) in [5.74, 6) is -0.956. The number of pyridine rings is 1. The number of methoxy groups -OCH3 is 1. The zero-order chi connectivity index (χ0) is 23.8. The molecule has 0 aliphatic rings. The quantitative estimate of drug-likeness (QED) is 0.261. The number of rotatable bonds is 4. The number of ether oxygens (including phenoxy) is 1. The maximum atomic E-state index is 13.5. The predicted molar refractivity (Wildman–Crippen MR) is 137 cm³/mol. The van der Waals surface area contributed by atoms with Crippen LogP contribution in [-0.4, -0.2) is 28.5 Å². The molecule has 0 aliphatic heterocycles. The molecule has 3 heterocycles. The number of halogens is 2.